The second-order valence-electron chi connectivity index (χ2n) is 6.84. The van der Waals surface area contributed by atoms with Crippen LogP contribution in [0.25, 0.3) is 11.4 Å². The summed E-state index contributed by atoms with van der Waals surface area (Å²) in [5.41, 5.74) is 0.941. The molecule has 1 aliphatic heterocycles. The summed E-state index contributed by atoms with van der Waals surface area (Å²) in [6.07, 6.45) is 2.26. The van der Waals surface area contributed by atoms with Crippen LogP contribution >= 0.6 is 11.8 Å². The second-order valence-corrected chi connectivity index (χ2v) is 10.4. The van der Waals surface area contributed by atoms with E-state index in [-0.39, 0.29) is 23.5 Å². The molecule has 0 bridgehead atoms. The minimum absolute atomic E-state index is 0.0391. The Morgan fingerprint density at radius 1 is 1.39 bits per heavy atom. The predicted molar refractivity (Wildman–Crippen MR) is 111 cm³/mol. The maximum Gasteiger partial charge on any atom is 0.235 e. The first-order valence-electron chi connectivity index (χ1n) is 9.05. The molecule has 2 heterocycles. The van der Waals surface area contributed by atoms with Crippen molar-refractivity contribution in [1.29, 1.82) is 0 Å². The Bertz CT molecular complexity index is 957. The predicted octanol–water partition coefficient (Wildman–Crippen LogP) is 2.26. The minimum atomic E-state index is -3.04. The lowest BCUT2D eigenvalue weighted by Gasteiger charge is -2.26. The first-order valence-corrected chi connectivity index (χ1v) is 11.8. The lowest BCUT2D eigenvalue weighted by Crippen LogP contribution is -2.41. The average Bonchev–Trinajstić information content (AvgIpc) is 3.24. The summed E-state index contributed by atoms with van der Waals surface area (Å²) in [4.78, 5) is 14.4. The number of aromatic nitrogens is 3. The fourth-order valence-electron chi connectivity index (χ4n) is 3.23. The van der Waals surface area contributed by atoms with Crippen LogP contribution in [0.15, 0.2) is 48.1 Å². The molecule has 3 rings (SSSR count). The van der Waals surface area contributed by atoms with Crippen LogP contribution in [0.5, 0.6) is 0 Å². The molecular weight excluding hydrogens is 396 g/mol. The third kappa shape index (κ3) is 4.47. The fourth-order valence-corrected chi connectivity index (χ4v) is 5.96. The quantitative estimate of drug-likeness (QED) is 0.505. The molecule has 1 fully saturated rings. The van der Waals surface area contributed by atoms with Crippen LogP contribution in [0.2, 0.25) is 0 Å². The molecule has 0 unspecified atom stereocenters. The lowest BCUT2D eigenvalue weighted by atomic mass is 10.2. The molecular formula is C19H24N4O3S2. The van der Waals surface area contributed by atoms with Crippen molar-refractivity contribution in [2.75, 3.05) is 18.6 Å². The molecule has 9 heteroatoms. The third-order valence-electron chi connectivity index (χ3n) is 4.79. The van der Waals surface area contributed by atoms with Crippen LogP contribution in [-0.4, -0.2) is 63.8 Å². The second kappa shape index (κ2) is 8.48. The maximum absolute atomic E-state index is 12.8. The number of sulfone groups is 1. The van der Waals surface area contributed by atoms with Gasteiger partial charge in [0.25, 0.3) is 0 Å². The van der Waals surface area contributed by atoms with Crippen LogP contribution in [-0.2, 0) is 21.2 Å². The Kier molecular flexibility index (Phi) is 6.24. The van der Waals surface area contributed by atoms with Gasteiger partial charge in [0.1, 0.15) is 0 Å². The maximum atomic E-state index is 12.8. The van der Waals surface area contributed by atoms with Crippen molar-refractivity contribution < 1.29 is 13.2 Å². The first-order chi connectivity index (χ1) is 13.3. The summed E-state index contributed by atoms with van der Waals surface area (Å²) in [5, 5.41) is 8.79. The summed E-state index contributed by atoms with van der Waals surface area (Å²) >= 11 is 1.32. The van der Waals surface area contributed by atoms with Gasteiger partial charge in [-0.15, -0.1) is 16.8 Å². The molecule has 28 heavy (non-hydrogen) atoms. The van der Waals surface area contributed by atoms with E-state index in [4.69, 9.17) is 0 Å². The van der Waals surface area contributed by atoms with Gasteiger partial charge in [-0.05, 0) is 13.3 Å². The van der Waals surface area contributed by atoms with E-state index < -0.39 is 15.1 Å². The molecule has 1 saturated heterocycles. The summed E-state index contributed by atoms with van der Waals surface area (Å²) < 4.78 is 25.3. The van der Waals surface area contributed by atoms with Gasteiger partial charge < -0.3 is 4.90 Å². The number of carbonyl (C=O) groups excluding carboxylic acids is 1. The van der Waals surface area contributed by atoms with Crippen LogP contribution in [0.4, 0.5) is 0 Å². The molecule has 2 atom stereocenters. The van der Waals surface area contributed by atoms with Crippen molar-refractivity contribution in [3.63, 3.8) is 0 Å². The van der Waals surface area contributed by atoms with Crippen LogP contribution < -0.4 is 0 Å². The number of hydrogen-bond acceptors (Lipinski definition) is 6. The highest BCUT2D eigenvalue weighted by Gasteiger charge is 2.34. The van der Waals surface area contributed by atoms with Crippen molar-refractivity contribution in [1.82, 2.24) is 19.7 Å². The van der Waals surface area contributed by atoms with Crippen molar-refractivity contribution in [3.8, 4) is 11.4 Å². The van der Waals surface area contributed by atoms with E-state index >= 15 is 0 Å². The normalized spacial score (nSPS) is 19.3. The van der Waals surface area contributed by atoms with E-state index in [9.17, 15) is 13.2 Å². The number of hydrogen-bond donors (Lipinski definition) is 0. The first kappa shape index (κ1) is 20.6. The molecule has 7 nitrogen and oxygen atoms in total. The molecule has 1 aromatic carbocycles. The molecule has 0 N–H and O–H groups in total. The number of benzene rings is 1. The smallest absolute Gasteiger partial charge is 0.235 e. The average molecular weight is 421 g/mol. The van der Waals surface area contributed by atoms with Gasteiger partial charge in [0, 0.05) is 25.2 Å². The van der Waals surface area contributed by atoms with Gasteiger partial charge in [0.15, 0.2) is 20.8 Å². The zero-order valence-corrected chi connectivity index (χ0v) is 17.6. The minimum Gasteiger partial charge on any atom is -0.341 e. The van der Waals surface area contributed by atoms with Gasteiger partial charge in [-0.2, -0.15) is 0 Å². The van der Waals surface area contributed by atoms with E-state index in [1.165, 1.54) is 11.8 Å². The Morgan fingerprint density at radius 2 is 2.11 bits per heavy atom. The van der Waals surface area contributed by atoms with E-state index in [0.29, 0.717) is 18.1 Å². The van der Waals surface area contributed by atoms with Crippen molar-refractivity contribution in [3.05, 3.63) is 43.0 Å². The van der Waals surface area contributed by atoms with Gasteiger partial charge in [-0.3, -0.25) is 9.36 Å². The van der Waals surface area contributed by atoms with Crippen molar-refractivity contribution in [2.45, 2.75) is 36.3 Å². The third-order valence-corrected chi connectivity index (χ3v) is 7.61. The van der Waals surface area contributed by atoms with E-state index in [1.807, 2.05) is 41.8 Å². The lowest BCUT2D eigenvalue weighted by molar-refractivity contribution is -0.130. The molecule has 0 saturated carbocycles. The topological polar surface area (TPSA) is 85.2 Å². The van der Waals surface area contributed by atoms with Crippen molar-refractivity contribution in [2.24, 2.45) is 0 Å². The van der Waals surface area contributed by atoms with Gasteiger partial charge in [0.2, 0.25) is 5.91 Å². The van der Waals surface area contributed by atoms with E-state index in [2.05, 4.69) is 16.8 Å². The van der Waals surface area contributed by atoms with E-state index in [1.54, 1.807) is 18.0 Å². The number of carbonyl (C=O) groups is 1. The van der Waals surface area contributed by atoms with Gasteiger partial charge in [-0.25, -0.2) is 8.42 Å². The summed E-state index contributed by atoms with van der Waals surface area (Å²) in [6.45, 7) is 6.13. The zero-order valence-electron chi connectivity index (χ0n) is 16.0. The highest BCUT2D eigenvalue weighted by Crippen LogP contribution is 2.28. The SMILES string of the molecule is C=CCn1c(S[C@H](C)C(=O)N(C)[C@@H]2CCS(=O)(=O)C2)nnc1-c1ccccc1. The van der Waals surface area contributed by atoms with E-state index in [0.717, 1.165) is 11.4 Å². The molecule has 0 aliphatic carbocycles. The Balaban J connectivity index is 1.76. The largest absolute Gasteiger partial charge is 0.341 e. The summed E-state index contributed by atoms with van der Waals surface area (Å²) in [5.74, 6) is 0.793. The highest BCUT2D eigenvalue weighted by atomic mass is 32.2. The Labute approximate surface area is 169 Å². The fraction of sp³-hybridized carbons (Fsp3) is 0.421. The number of nitrogens with zero attached hydrogens (tertiary/aromatic N) is 4. The molecule has 1 amide bonds. The van der Waals surface area contributed by atoms with Crippen LogP contribution in [0, 0.1) is 0 Å². The zero-order chi connectivity index (χ0) is 20.3. The standard InChI is InChI=1S/C19H24N4O3S2/c1-4-11-23-17(15-8-6-5-7-9-15)20-21-19(23)27-14(2)18(24)22(3)16-10-12-28(25,26)13-16/h4-9,14,16H,1,10-13H2,2-3H3/t14-,16-/m1/s1. The highest BCUT2D eigenvalue weighted by molar-refractivity contribution is 8.00. The van der Waals surface area contributed by atoms with Gasteiger partial charge in [0.05, 0.1) is 16.8 Å². The number of allylic oxidation sites excluding steroid dienone is 1. The molecule has 0 radical (unpaired) electrons. The summed E-state index contributed by atoms with van der Waals surface area (Å²) in [6, 6.07) is 9.47. The Morgan fingerprint density at radius 3 is 2.71 bits per heavy atom. The monoisotopic (exact) mass is 420 g/mol. The molecule has 150 valence electrons. The van der Waals surface area contributed by atoms with Gasteiger partial charge in [-0.1, -0.05) is 48.2 Å². The van der Waals surface area contributed by atoms with Crippen LogP contribution in [0.3, 0.4) is 0 Å². The molecule has 1 aliphatic rings. The summed E-state index contributed by atoms with van der Waals surface area (Å²) in [7, 11) is -1.36. The number of thioether (sulfide) groups is 1. The Hall–Kier alpha value is -2.13. The number of amides is 1. The number of rotatable bonds is 7. The van der Waals surface area contributed by atoms with Crippen molar-refractivity contribution >= 4 is 27.5 Å². The molecule has 2 aromatic rings. The molecule has 1 aromatic heterocycles. The van der Waals surface area contributed by atoms with Crippen LogP contribution in [0.1, 0.15) is 13.3 Å². The van der Waals surface area contributed by atoms with Gasteiger partial charge >= 0.3 is 0 Å². The molecule has 0 spiro atoms.